The van der Waals surface area contributed by atoms with Crippen molar-refractivity contribution >= 4 is 17.6 Å². The van der Waals surface area contributed by atoms with Gasteiger partial charge in [-0.2, -0.15) is 0 Å². The average molecular weight is 293 g/mol. The number of fused-ring (bicyclic) bond motifs is 1. The Hall–Kier alpha value is -2.08. The summed E-state index contributed by atoms with van der Waals surface area (Å²) in [6.45, 7) is 1.67. The predicted octanol–water partition coefficient (Wildman–Crippen LogP) is 1.78. The van der Waals surface area contributed by atoms with E-state index in [2.05, 4.69) is 10.1 Å². The van der Waals surface area contributed by atoms with Crippen molar-refractivity contribution in [1.29, 1.82) is 0 Å². The van der Waals surface area contributed by atoms with Crippen molar-refractivity contribution in [3.05, 3.63) is 23.8 Å². The van der Waals surface area contributed by atoms with Crippen LogP contribution in [0.3, 0.4) is 0 Å². The fourth-order valence-electron chi connectivity index (χ4n) is 2.14. The Bertz CT molecular complexity index is 543. The van der Waals surface area contributed by atoms with Crippen molar-refractivity contribution in [1.82, 2.24) is 0 Å². The molecule has 0 radical (unpaired) electrons. The zero-order valence-corrected chi connectivity index (χ0v) is 12.1. The summed E-state index contributed by atoms with van der Waals surface area (Å²) >= 11 is 0. The van der Waals surface area contributed by atoms with Crippen molar-refractivity contribution in [3.8, 4) is 5.75 Å². The molecule has 0 saturated carbocycles. The van der Waals surface area contributed by atoms with E-state index in [-0.39, 0.29) is 18.3 Å². The third-order valence-electron chi connectivity index (χ3n) is 3.41. The quantitative estimate of drug-likeness (QED) is 0.808. The van der Waals surface area contributed by atoms with Gasteiger partial charge in [0, 0.05) is 6.42 Å². The molecule has 1 aromatic rings. The van der Waals surface area contributed by atoms with Crippen LogP contribution in [0.4, 0.5) is 5.69 Å². The van der Waals surface area contributed by atoms with Crippen molar-refractivity contribution < 1.29 is 24.2 Å². The molecule has 1 aromatic carbocycles. The van der Waals surface area contributed by atoms with Crippen LogP contribution in [0.15, 0.2) is 18.2 Å². The molecule has 1 aliphatic rings. The van der Waals surface area contributed by atoms with Gasteiger partial charge in [0.2, 0.25) is 0 Å². The Morgan fingerprint density at radius 2 is 2.29 bits per heavy atom. The smallest absolute Gasteiger partial charge is 0.305 e. The predicted molar refractivity (Wildman–Crippen MR) is 76.0 cm³/mol. The van der Waals surface area contributed by atoms with Gasteiger partial charge in [-0.3, -0.25) is 9.59 Å². The third kappa shape index (κ3) is 3.72. The first kappa shape index (κ1) is 15.3. The van der Waals surface area contributed by atoms with Gasteiger partial charge in [0.1, 0.15) is 5.75 Å². The van der Waals surface area contributed by atoms with E-state index in [1.54, 1.807) is 25.1 Å². The van der Waals surface area contributed by atoms with Gasteiger partial charge in [0.05, 0.1) is 18.9 Å². The van der Waals surface area contributed by atoms with E-state index in [1.165, 1.54) is 7.11 Å². The number of aliphatic hydroxyl groups is 1. The highest BCUT2D eigenvalue weighted by molar-refractivity contribution is 5.97. The number of amides is 1. The van der Waals surface area contributed by atoms with E-state index < -0.39 is 12.2 Å². The van der Waals surface area contributed by atoms with Crippen LogP contribution < -0.4 is 10.1 Å². The summed E-state index contributed by atoms with van der Waals surface area (Å²) in [4.78, 5) is 22.6. The number of carbonyl (C=O) groups is 2. The number of carbonyl (C=O) groups excluding carboxylic acids is 2. The summed E-state index contributed by atoms with van der Waals surface area (Å²) < 4.78 is 10.0. The highest BCUT2D eigenvalue weighted by Gasteiger charge is 2.24. The van der Waals surface area contributed by atoms with Crippen LogP contribution in [-0.2, 0) is 14.3 Å². The van der Waals surface area contributed by atoms with Crippen molar-refractivity contribution in [3.63, 3.8) is 0 Å². The molecule has 2 rings (SSSR count). The molecule has 114 valence electrons. The topological polar surface area (TPSA) is 84.9 Å². The van der Waals surface area contributed by atoms with Gasteiger partial charge < -0.3 is 19.9 Å². The Kier molecular flexibility index (Phi) is 4.80. The molecule has 2 unspecified atom stereocenters. The SMILES string of the molecule is COC(=O)CCCC(O)c1ccc2c(c1)NC(=O)C(C)O2. The molecule has 6 heteroatoms. The molecule has 0 aliphatic carbocycles. The third-order valence-corrected chi connectivity index (χ3v) is 3.41. The lowest BCUT2D eigenvalue weighted by Crippen LogP contribution is -2.34. The normalized spacial score (nSPS) is 18.2. The second-order valence-electron chi connectivity index (χ2n) is 4.99. The maximum Gasteiger partial charge on any atom is 0.305 e. The largest absolute Gasteiger partial charge is 0.479 e. The zero-order chi connectivity index (χ0) is 15.4. The van der Waals surface area contributed by atoms with Gasteiger partial charge in [-0.1, -0.05) is 6.07 Å². The van der Waals surface area contributed by atoms with Crippen LogP contribution in [0.5, 0.6) is 5.75 Å². The maximum absolute atomic E-state index is 11.6. The number of hydrogen-bond acceptors (Lipinski definition) is 5. The van der Waals surface area contributed by atoms with Crippen molar-refractivity contribution in [2.45, 2.75) is 38.4 Å². The first-order valence-corrected chi connectivity index (χ1v) is 6.87. The zero-order valence-electron chi connectivity index (χ0n) is 12.1. The van der Waals surface area contributed by atoms with E-state index in [0.717, 1.165) is 0 Å². The fraction of sp³-hybridized carbons (Fsp3) is 0.467. The Morgan fingerprint density at radius 3 is 3.00 bits per heavy atom. The van der Waals surface area contributed by atoms with Gasteiger partial charge in [-0.05, 0) is 37.5 Å². The number of methoxy groups -OCH3 is 1. The molecule has 21 heavy (non-hydrogen) atoms. The van der Waals surface area contributed by atoms with E-state index in [0.29, 0.717) is 29.8 Å². The number of benzene rings is 1. The molecule has 1 heterocycles. The van der Waals surface area contributed by atoms with Crippen LogP contribution in [0.1, 0.15) is 37.9 Å². The lowest BCUT2D eigenvalue weighted by molar-refractivity contribution is -0.140. The van der Waals surface area contributed by atoms with Gasteiger partial charge in [-0.15, -0.1) is 0 Å². The average Bonchev–Trinajstić information content (AvgIpc) is 2.47. The summed E-state index contributed by atoms with van der Waals surface area (Å²) in [6, 6.07) is 5.18. The monoisotopic (exact) mass is 293 g/mol. The highest BCUT2D eigenvalue weighted by atomic mass is 16.5. The lowest BCUT2D eigenvalue weighted by atomic mass is 10.0. The Labute approximate surface area is 123 Å². The summed E-state index contributed by atoms with van der Waals surface area (Å²) in [6.07, 6.45) is 0.0318. The van der Waals surface area contributed by atoms with Crippen molar-refractivity contribution in [2.24, 2.45) is 0 Å². The minimum Gasteiger partial charge on any atom is -0.479 e. The number of aliphatic hydroxyl groups excluding tert-OH is 1. The highest BCUT2D eigenvalue weighted by Crippen LogP contribution is 2.33. The number of hydrogen-bond donors (Lipinski definition) is 2. The molecule has 0 spiro atoms. The number of rotatable bonds is 5. The molecule has 0 bridgehead atoms. The van der Waals surface area contributed by atoms with E-state index >= 15 is 0 Å². The van der Waals surface area contributed by atoms with E-state index in [9.17, 15) is 14.7 Å². The number of ether oxygens (including phenoxy) is 2. The maximum atomic E-state index is 11.6. The summed E-state index contributed by atoms with van der Waals surface area (Å²) in [7, 11) is 1.34. The first-order chi connectivity index (χ1) is 10.0. The molecular formula is C15H19NO5. The molecule has 1 amide bonds. The van der Waals surface area contributed by atoms with E-state index in [1.807, 2.05) is 0 Å². The lowest BCUT2D eigenvalue weighted by Gasteiger charge is -2.24. The molecular weight excluding hydrogens is 274 g/mol. The van der Waals surface area contributed by atoms with Crippen LogP contribution >= 0.6 is 0 Å². The Morgan fingerprint density at radius 1 is 1.52 bits per heavy atom. The van der Waals surface area contributed by atoms with Crippen molar-refractivity contribution in [2.75, 3.05) is 12.4 Å². The standard InChI is InChI=1S/C15H19NO5/c1-9-15(19)16-11-8-10(6-7-13(11)21-9)12(17)4-3-5-14(18)20-2/h6-9,12,17H,3-5H2,1-2H3,(H,16,19). The van der Waals surface area contributed by atoms with Crippen LogP contribution in [0.2, 0.25) is 0 Å². The minimum atomic E-state index is -0.698. The van der Waals surface area contributed by atoms with E-state index in [4.69, 9.17) is 4.74 Å². The van der Waals surface area contributed by atoms with Gasteiger partial charge >= 0.3 is 5.97 Å². The Balaban J connectivity index is 1.99. The van der Waals surface area contributed by atoms with Gasteiger partial charge in [-0.25, -0.2) is 0 Å². The summed E-state index contributed by atoms with van der Waals surface area (Å²) in [5.41, 5.74) is 1.24. The molecule has 0 saturated heterocycles. The number of esters is 1. The van der Waals surface area contributed by atoms with Crippen LogP contribution in [0.25, 0.3) is 0 Å². The number of anilines is 1. The molecule has 2 N–H and O–H groups in total. The van der Waals surface area contributed by atoms with Crippen LogP contribution in [0, 0.1) is 0 Å². The van der Waals surface area contributed by atoms with Crippen LogP contribution in [-0.4, -0.2) is 30.2 Å². The minimum absolute atomic E-state index is 0.208. The molecule has 0 aromatic heterocycles. The van der Waals surface area contributed by atoms with Gasteiger partial charge in [0.25, 0.3) is 5.91 Å². The second-order valence-corrected chi connectivity index (χ2v) is 4.99. The van der Waals surface area contributed by atoms with Gasteiger partial charge in [0.15, 0.2) is 6.10 Å². The summed E-state index contributed by atoms with van der Waals surface area (Å²) in [5.74, 6) is 0.0923. The fourth-order valence-corrected chi connectivity index (χ4v) is 2.14. The molecule has 2 atom stereocenters. The number of nitrogens with one attached hydrogen (secondary N) is 1. The summed E-state index contributed by atoms with van der Waals surface area (Å²) in [5, 5.41) is 12.9. The first-order valence-electron chi connectivity index (χ1n) is 6.87. The molecule has 0 fully saturated rings. The second kappa shape index (κ2) is 6.58. The molecule has 1 aliphatic heterocycles. The molecule has 6 nitrogen and oxygen atoms in total.